The Morgan fingerprint density at radius 1 is 1.36 bits per heavy atom. The van der Waals surface area contributed by atoms with Crippen molar-refractivity contribution in [1.29, 1.82) is 0 Å². The second kappa shape index (κ2) is 7.64. The molecule has 1 amide bonds. The Balaban J connectivity index is 2.46. The van der Waals surface area contributed by atoms with E-state index in [-0.39, 0.29) is 41.5 Å². The van der Waals surface area contributed by atoms with Gasteiger partial charge in [-0.3, -0.25) is 4.79 Å². The molecule has 0 bridgehead atoms. The number of carbonyl (C=O) groups excluding carboxylic acids is 2. The Kier molecular flexibility index (Phi) is 5.77. The number of ether oxygens (including phenoxy) is 1. The summed E-state index contributed by atoms with van der Waals surface area (Å²) < 4.78 is 31.1. The van der Waals surface area contributed by atoms with Gasteiger partial charge in [0.2, 0.25) is 10.0 Å². The van der Waals surface area contributed by atoms with E-state index in [2.05, 4.69) is 14.8 Å². The summed E-state index contributed by atoms with van der Waals surface area (Å²) in [6.45, 7) is -0.255. The molecule has 0 aliphatic carbocycles. The number of aliphatic hydroxyl groups excluding tert-OH is 1. The summed E-state index contributed by atoms with van der Waals surface area (Å²) in [7, 11) is -1.31. The summed E-state index contributed by atoms with van der Waals surface area (Å²) in [5.74, 6) is -1.23. The number of anilines is 1. The molecular formula is C15H19N3O6S. The predicted octanol–water partition coefficient (Wildman–Crippen LogP) is -0.732. The Bertz CT molecular complexity index is 818. The lowest BCUT2D eigenvalue weighted by atomic mass is 10.2. The van der Waals surface area contributed by atoms with Gasteiger partial charge in [-0.25, -0.2) is 17.9 Å². The van der Waals surface area contributed by atoms with Gasteiger partial charge in [0.1, 0.15) is 10.6 Å². The van der Waals surface area contributed by atoms with Crippen molar-refractivity contribution in [2.75, 3.05) is 39.2 Å². The molecule has 3 N–H and O–H groups in total. The van der Waals surface area contributed by atoms with Gasteiger partial charge in [0.25, 0.3) is 5.91 Å². The number of nitrogens with zero attached hydrogens (tertiary/aromatic N) is 1. The molecule has 1 heterocycles. The number of methoxy groups -OCH3 is 1. The second-order valence-corrected chi connectivity index (χ2v) is 6.98. The lowest BCUT2D eigenvalue weighted by molar-refractivity contribution is -0.136. The molecule has 0 saturated carbocycles. The van der Waals surface area contributed by atoms with Crippen LogP contribution in [0.3, 0.4) is 0 Å². The van der Waals surface area contributed by atoms with Gasteiger partial charge in [0.15, 0.2) is 0 Å². The number of para-hydroxylation sites is 1. The van der Waals surface area contributed by atoms with Crippen LogP contribution < -0.4 is 10.0 Å². The third kappa shape index (κ3) is 3.81. The third-order valence-electron chi connectivity index (χ3n) is 3.66. The van der Waals surface area contributed by atoms with Gasteiger partial charge in [-0.1, -0.05) is 12.1 Å². The van der Waals surface area contributed by atoms with Gasteiger partial charge in [-0.05, 0) is 19.2 Å². The number of carbonyl (C=O) groups is 2. The Morgan fingerprint density at radius 2 is 2.04 bits per heavy atom. The maximum Gasteiger partial charge on any atom is 0.337 e. The molecular weight excluding hydrogens is 350 g/mol. The van der Waals surface area contributed by atoms with Crippen LogP contribution in [0.2, 0.25) is 0 Å². The molecule has 0 saturated heterocycles. The smallest absolute Gasteiger partial charge is 0.337 e. The van der Waals surface area contributed by atoms with E-state index in [1.54, 1.807) is 12.1 Å². The number of esters is 1. The van der Waals surface area contributed by atoms with Gasteiger partial charge in [-0.2, -0.15) is 0 Å². The summed E-state index contributed by atoms with van der Waals surface area (Å²) >= 11 is 0. The van der Waals surface area contributed by atoms with E-state index in [0.29, 0.717) is 0 Å². The van der Waals surface area contributed by atoms with Crippen molar-refractivity contribution in [1.82, 2.24) is 9.62 Å². The molecule has 2 rings (SSSR count). The highest BCUT2D eigenvalue weighted by atomic mass is 32.2. The Morgan fingerprint density at radius 3 is 2.64 bits per heavy atom. The van der Waals surface area contributed by atoms with E-state index in [0.717, 1.165) is 0 Å². The lowest BCUT2D eigenvalue weighted by Crippen LogP contribution is -2.31. The molecule has 1 aromatic carbocycles. The molecule has 0 fully saturated rings. The van der Waals surface area contributed by atoms with E-state index < -0.39 is 21.9 Å². The van der Waals surface area contributed by atoms with Crippen LogP contribution in [0, 0.1) is 0 Å². The Hall–Kier alpha value is -2.43. The van der Waals surface area contributed by atoms with Gasteiger partial charge >= 0.3 is 5.97 Å². The SMILES string of the molecule is CNS(=O)(=O)c1ccccc1NC1=C(C(=O)OC)CN(CCO)C1=O. The van der Waals surface area contributed by atoms with E-state index in [1.807, 2.05) is 0 Å². The van der Waals surface area contributed by atoms with Crippen molar-refractivity contribution < 1.29 is 27.9 Å². The number of nitrogens with one attached hydrogen (secondary N) is 2. The average molecular weight is 369 g/mol. The van der Waals surface area contributed by atoms with Gasteiger partial charge < -0.3 is 20.1 Å². The lowest BCUT2D eigenvalue weighted by Gasteiger charge is -2.16. The molecule has 0 radical (unpaired) electrons. The van der Waals surface area contributed by atoms with Crippen molar-refractivity contribution in [3.05, 3.63) is 35.5 Å². The zero-order valence-corrected chi connectivity index (χ0v) is 14.6. The monoisotopic (exact) mass is 369 g/mol. The molecule has 0 unspecified atom stereocenters. The van der Waals surface area contributed by atoms with Crippen LogP contribution in [0.1, 0.15) is 0 Å². The Labute approximate surface area is 145 Å². The van der Waals surface area contributed by atoms with Gasteiger partial charge in [-0.15, -0.1) is 0 Å². The molecule has 1 aliphatic rings. The van der Waals surface area contributed by atoms with Crippen LogP contribution >= 0.6 is 0 Å². The minimum absolute atomic E-state index is 0.0324. The number of hydrogen-bond acceptors (Lipinski definition) is 7. The quantitative estimate of drug-likeness (QED) is 0.541. The molecule has 10 heteroatoms. The summed E-state index contributed by atoms with van der Waals surface area (Å²) in [5.41, 5.74) is 0.143. The fourth-order valence-corrected chi connectivity index (χ4v) is 3.28. The van der Waals surface area contributed by atoms with Crippen LogP contribution in [0.4, 0.5) is 5.69 Å². The molecule has 0 aromatic heterocycles. The normalized spacial score (nSPS) is 14.8. The van der Waals surface area contributed by atoms with E-state index in [4.69, 9.17) is 5.11 Å². The first-order chi connectivity index (χ1) is 11.9. The summed E-state index contributed by atoms with van der Waals surface area (Å²) in [6, 6.07) is 5.99. The minimum atomic E-state index is -3.77. The van der Waals surface area contributed by atoms with E-state index in [1.165, 1.54) is 31.2 Å². The number of amides is 1. The number of benzene rings is 1. The molecule has 136 valence electrons. The molecule has 0 atom stereocenters. The number of aliphatic hydroxyl groups is 1. The van der Waals surface area contributed by atoms with E-state index in [9.17, 15) is 18.0 Å². The van der Waals surface area contributed by atoms with Crippen molar-refractivity contribution in [2.24, 2.45) is 0 Å². The van der Waals surface area contributed by atoms with Crippen molar-refractivity contribution in [3.8, 4) is 0 Å². The summed E-state index contributed by atoms with van der Waals surface area (Å²) in [4.78, 5) is 25.6. The topological polar surface area (TPSA) is 125 Å². The highest BCUT2D eigenvalue weighted by Gasteiger charge is 2.35. The molecule has 25 heavy (non-hydrogen) atoms. The predicted molar refractivity (Wildman–Crippen MR) is 89.0 cm³/mol. The van der Waals surface area contributed by atoms with Gasteiger partial charge in [0.05, 0.1) is 31.5 Å². The highest BCUT2D eigenvalue weighted by molar-refractivity contribution is 7.89. The van der Waals surface area contributed by atoms with E-state index >= 15 is 0 Å². The fourth-order valence-electron chi connectivity index (χ4n) is 2.40. The van der Waals surface area contributed by atoms with Crippen molar-refractivity contribution in [2.45, 2.75) is 4.90 Å². The number of sulfonamides is 1. The molecule has 9 nitrogen and oxygen atoms in total. The first kappa shape index (κ1) is 18.9. The van der Waals surface area contributed by atoms with Crippen LogP contribution in [-0.2, 0) is 24.3 Å². The molecule has 1 aromatic rings. The summed E-state index contributed by atoms with van der Waals surface area (Å²) in [5, 5.41) is 11.8. The van der Waals surface area contributed by atoms with Gasteiger partial charge in [0, 0.05) is 6.54 Å². The zero-order valence-electron chi connectivity index (χ0n) is 13.8. The number of hydrogen-bond donors (Lipinski definition) is 3. The number of β-amino-alcohol motifs (C(OH)–C–C–N with tert-alkyl or cyclic N) is 1. The van der Waals surface area contributed by atoms with Crippen molar-refractivity contribution in [3.63, 3.8) is 0 Å². The molecule has 1 aliphatic heterocycles. The maximum absolute atomic E-state index is 12.5. The second-order valence-electron chi connectivity index (χ2n) is 5.12. The van der Waals surface area contributed by atoms with Crippen LogP contribution in [0.15, 0.2) is 40.4 Å². The largest absolute Gasteiger partial charge is 0.466 e. The van der Waals surface area contributed by atoms with Crippen LogP contribution in [-0.4, -0.2) is 64.2 Å². The van der Waals surface area contributed by atoms with Crippen LogP contribution in [0.5, 0.6) is 0 Å². The van der Waals surface area contributed by atoms with Crippen LogP contribution in [0.25, 0.3) is 0 Å². The minimum Gasteiger partial charge on any atom is -0.466 e. The van der Waals surface area contributed by atoms with Crippen molar-refractivity contribution >= 4 is 27.6 Å². The maximum atomic E-state index is 12.5. The average Bonchev–Trinajstić information content (AvgIpc) is 2.91. The molecule has 0 spiro atoms. The standard InChI is InChI=1S/C15H19N3O6S/c1-16-25(22,23)12-6-4-3-5-11(12)17-13-10(15(21)24-2)9-18(7-8-19)14(13)20/h3-6,16-17,19H,7-9H2,1-2H3. The highest BCUT2D eigenvalue weighted by Crippen LogP contribution is 2.26. The third-order valence-corrected chi connectivity index (χ3v) is 5.13. The zero-order chi connectivity index (χ0) is 18.6. The number of rotatable bonds is 7. The fraction of sp³-hybridized carbons (Fsp3) is 0.333. The first-order valence-electron chi connectivity index (χ1n) is 7.37. The summed E-state index contributed by atoms with van der Waals surface area (Å²) in [6.07, 6.45) is 0. The first-order valence-corrected chi connectivity index (χ1v) is 8.85.